The van der Waals surface area contributed by atoms with Gasteiger partial charge in [0.1, 0.15) is 11.7 Å². The fourth-order valence-electron chi connectivity index (χ4n) is 0.963. The van der Waals surface area contributed by atoms with Crippen molar-refractivity contribution < 1.29 is 18.8 Å². The van der Waals surface area contributed by atoms with E-state index in [1.165, 1.54) is 0 Å². The van der Waals surface area contributed by atoms with Crippen molar-refractivity contribution >= 4 is 7.12 Å². The van der Waals surface area contributed by atoms with Crippen molar-refractivity contribution in [3.63, 3.8) is 0 Å². The zero-order chi connectivity index (χ0) is 8.43. The van der Waals surface area contributed by atoms with Crippen molar-refractivity contribution in [2.45, 2.75) is 12.8 Å². The van der Waals surface area contributed by atoms with Crippen molar-refractivity contribution in [2.75, 3.05) is 0 Å². The summed E-state index contributed by atoms with van der Waals surface area (Å²) in [7, 11) is -2.05. The molecule has 2 N–H and O–H groups in total. The van der Waals surface area contributed by atoms with Crippen LogP contribution in [0.5, 0.6) is 0 Å². The number of allylic oxidation sites excluding steroid dienone is 4. The lowest BCUT2D eigenvalue weighted by atomic mass is 9.75. The standard InChI is InChI=1S/C6H7BF2O2/c8-4-2-1-3-5(9)6(4)7(10)11/h2,10-11H,1,3H2. The van der Waals surface area contributed by atoms with Crippen LogP contribution in [0, 0.1) is 0 Å². The molecule has 1 rings (SSSR count). The van der Waals surface area contributed by atoms with Crippen molar-refractivity contribution in [1.82, 2.24) is 0 Å². The van der Waals surface area contributed by atoms with E-state index in [4.69, 9.17) is 10.0 Å². The average Bonchev–Trinajstić information content (AvgIpc) is 1.85. The van der Waals surface area contributed by atoms with Crippen molar-refractivity contribution in [2.24, 2.45) is 0 Å². The van der Waals surface area contributed by atoms with Gasteiger partial charge in [0, 0.05) is 11.9 Å². The summed E-state index contributed by atoms with van der Waals surface area (Å²) >= 11 is 0. The lowest BCUT2D eigenvalue weighted by Gasteiger charge is -2.10. The number of rotatable bonds is 1. The number of hydrogen-bond acceptors (Lipinski definition) is 2. The van der Waals surface area contributed by atoms with Gasteiger partial charge in [-0.25, -0.2) is 8.78 Å². The van der Waals surface area contributed by atoms with Gasteiger partial charge in [-0.1, -0.05) is 0 Å². The fourth-order valence-corrected chi connectivity index (χ4v) is 0.963. The van der Waals surface area contributed by atoms with Crippen LogP contribution in [0.4, 0.5) is 8.78 Å². The van der Waals surface area contributed by atoms with Gasteiger partial charge in [-0.05, 0) is 12.5 Å². The van der Waals surface area contributed by atoms with Crippen LogP contribution < -0.4 is 0 Å². The molecule has 0 spiro atoms. The second kappa shape index (κ2) is 3.15. The lowest BCUT2D eigenvalue weighted by Crippen LogP contribution is -2.18. The molecule has 5 heteroatoms. The van der Waals surface area contributed by atoms with E-state index in [0.29, 0.717) is 0 Å². The maximum atomic E-state index is 12.6. The Balaban J connectivity index is 2.94. The maximum Gasteiger partial charge on any atom is 0.494 e. The molecular formula is C6H7BF2O2. The summed E-state index contributed by atoms with van der Waals surface area (Å²) in [5.74, 6) is -1.65. The van der Waals surface area contributed by atoms with E-state index >= 15 is 0 Å². The minimum atomic E-state index is -2.05. The van der Waals surface area contributed by atoms with Crippen molar-refractivity contribution in [1.29, 1.82) is 0 Å². The van der Waals surface area contributed by atoms with Gasteiger partial charge < -0.3 is 10.0 Å². The van der Waals surface area contributed by atoms with Crippen molar-refractivity contribution in [3.05, 3.63) is 23.2 Å². The zero-order valence-corrected chi connectivity index (χ0v) is 5.72. The molecule has 0 saturated carbocycles. The Labute approximate surface area is 63.0 Å². The van der Waals surface area contributed by atoms with Crippen LogP contribution in [0.15, 0.2) is 23.2 Å². The Morgan fingerprint density at radius 2 is 2.00 bits per heavy atom. The molecule has 0 aromatic rings. The summed E-state index contributed by atoms with van der Waals surface area (Å²) in [6, 6.07) is 0. The first-order chi connectivity index (χ1) is 5.13. The molecule has 0 aliphatic heterocycles. The molecule has 60 valence electrons. The highest BCUT2D eigenvalue weighted by Crippen LogP contribution is 2.27. The van der Waals surface area contributed by atoms with Gasteiger partial charge in [-0.3, -0.25) is 0 Å². The second-order valence-electron chi connectivity index (χ2n) is 2.28. The second-order valence-corrected chi connectivity index (χ2v) is 2.28. The van der Waals surface area contributed by atoms with E-state index in [2.05, 4.69) is 0 Å². The average molecular weight is 160 g/mol. The molecule has 0 bridgehead atoms. The molecular weight excluding hydrogens is 153 g/mol. The largest absolute Gasteiger partial charge is 0.494 e. The van der Waals surface area contributed by atoms with E-state index in [0.717, 1.165) is 6.08 Å². The van der Waals surface area contributed by atoms with Crippen LogP contribution in [0.25, 0.3) is 0 Å². The highest BCUT2D eigenvalue weighted by molar-refractivity contribution is 6.52. The van der Waals surface area contributed by atoms with Gasteiger partial charge >= 0.3 is 7.12 Å². The first-order valence-corrected chi connectivity index (χ1v) is 3.23. The quantitative estimate of drug-likeness (QED) is 0.558. The minimum Gasteiger partial charge on any atom is -0.423 e. The van der Waals surface area contributed by atoms with Gasteiger partial charge in [0.2, 0.25) is 0 Å². The predicted octanol–water partition coefficient (Wildman–Crippen LogP) is 0.869. The van der Waals surface area contributed by atoms with Crippen LogP contribution in [0.3, 0.4) is 0 Å². The maximum absolute atomic E-state index is 12.6. The molecule has 0 aromatic carbocycles. The molecule has 0 aromatic heterocycles. The van der Waals surface area contributed by atoms with Crippen LogP contribution in [0.2, 0.25) is 0 Å². The molecule has 2 nitrogen and oxygen atoms in total. The van der Waals surface area contributed by atoms with Crippen LogP contribution >= 0.6 is 0 Å². The Morgan fingerprint density at radius 3 is 2.36 bits per heavy atom. The van der Waals surface area contributed by atoms with E-state index < -0.39 is 24.2 Å². The number of halogens is 2. The van der Waals surface area contributed by atoms with Gasteiger partial charge in [-0.2, -0.15) is 0 Å². The van der Waals surface area contributed by atoms with Gasteiger partial charge in [0.05, 0.1) is 0 Å². The molecule has 1 aliphatic carbocycles. The van der Waals surface area contributed by atoms with Gasteiger partial charge in [0.25, 0.3) is 0 Å². The van der Waals surface area contributed by atoms with E-state index in [1.54, 1.807) is 0 Å². The summed E-state index contributed by atoms with van der Waals surface area (Å²) in [6.07, 6.45) is 1.45. The summed E-state index contributed by atoms with van der Waals surface area (Å²) < 4.78 is 25.2. The van der Waals surface area contributed by atoms with E-state index in [9.17, 15) is 8.78 Å². The molecule has 1 aliphatic rings. The summed E-state index contributed by atoms with van der Waals surface area (Å²) in [5.41, 5.74) is -0.628. The zero-order valence-electron chi connectivity index (χ0n) is 5.72. The molecule has 0 radical (unpaired) electrons. The van der Waals surface area contributed by atoms with Crippen molar-refractivity contribution in [3.8, 4) is 0 Å². The first kappa shape index (κ1) is 8.42. The third-order valence-corrected chi connectivity index (χ3v) is 1.50. The lowest BCUT2D eigenvalue weighted by molar-refractivity contribution is 0.409. The Morgan fingerprint density at radius 1 is 1.36 bits per heavy atom. The Bertz CT molecular complexity index is 223. The summed E-state index contributed by atoms with van der Waals surface area (Å²) in [6.45, 7) is 0. The summed E-state index contributed by atoms with van der Waals surface area (Å²) in [4.78, 5) is 0. The molecule has 0 atom stereocenters. The fraction of sp³-hybridized carbons (Fsp3) is 0.333. The number of hydrogen-bond donors (Lipinski definition) is 2. The molecule has 0 amide bonds. The third-order valence-electron chi connectivity index (χ3n) is 1.50. The topological polar surface area (TPSA) is 40.5 Å². The predicted molar refractivity (Wildman–Crippen MR) is 36.8 cm³/mol. The highest BCUT2D eigenvalue weighted by atomic mass is 19.1. The van der Waals surface area contributed by atoms with Gasteiger partial charge in [-0.15, -0.1) is 0 Å². The molecule has 0 heterocycles. The molecule has 0 saturated heterocycles. The first-order valence-electron chi connectivity index (χ1n) is 3.23. The van der Waals surface area contributed by atoms with Crippen LogP contribution in [-0.4, -0.2) is 17.2 Å². The SMILES string of the molecule is OB(O)C1=C(F)CCC=C1F. The van der Waals surface area contributed by atoms with Gasteiger partial charge in [0.15, 0.2) is 0 Å². The minimum absolute atomic E-state index is 0.0420. The highest BCUT2D eigenvalue weighted by Gasteiger charge is 2.26. The smallest absolute Gasteiger partial charge is 0.423 e. The normalized spacial score (nSPS) is 18.4. The molecule has 11 heavy (non-hydrogen) atoms. The third kappa shape index (κ3) is 1.67. The Kier molecular flexibility index (Phi) is 2.41. The Hall–Kier alpha value is -0.675. The monoisotopic (exact) mass is 160 g/mol. The van der Waals surface area contributed by atoms with Crippen LogP contribution in [-0.2, 0) is 0 Å². The van der Waals surface area contributed by atoms with E-state index in [1.807, 2.05) is 0 Å². The molecule has 0 unspecified atom stereocenters. The summed E-state index contributed by atoms with van der Waals surface area (Å²) in [5, 5.41) is 17.0. The van der Waals surface area contributed by atoms with Crippen LogP contribution in [0.1, 0.15) is 12.8 Å². The molecule has 0 fully saturated rings. The van der Waals surface area contributed by atoms with E-state index in [-0.39, 0.29) is 12.8 Å².